The third kappa shape index (κ3) is 4.47. The molecule has 0 spiro atoms. The largest absolute Gasteiger partial charge is 0.337 e. The lowest BCUT2D eigenvalue weighted by Gasteiger charge is -2.19. The minimum absolute atomic E-state index is 0.623. The fourth-order valence-corrected chi connectivity index (χ4v) is 1.57. The Morgan fingerprint density at radius 1 is 1.40 bits per heavy atom. The number of nitrogens with one attached hydrogen (secondary N) is 1. The molecule has 0 aliphatic heterocycles. The summed E-state index contributed by atoms with van der Waals surface area (Å²) in [4.78, 5) is 4.02. The van der Waals surface area contributed by atoms with Crippen molar-refractivity contribution in [2.24, 2.45) is 5.92 Å². The van der Waals surface area contributed by atoms with Crippen LogP contribution in [0.25, 0.3) is 0 Å². The zero-order valence-electron chi connectivity index (χ0n) is 10.1. The van der Waals surface area contributed by atoms with Crippen molar-refractivity contribution in [3.05, 3.63) is 18.7 Å². The van der Waals surface area contributed by atoms with Crippen LogP contribution in [-0.2, 0) is 6.54 Å². The summed E-state index contributed by atoms with van der Waals surface area (Å²) in [5, 5.41) is 3.56. The zero-order valence-corrected chi connectivity index (χ0v) is 10.1. The molecule has 0 saturated carbocycles. The molecule has 0 amide bonds. The number of hydrogen-bond acceptors (Lipinski definition) is 2. The van der Waals surface area contributed by atoms with Gasteiger partial charge in [0.1, 0.15) is 0 Å². The van der Waals surface area contributed by atoms with Crippen LogP contribution in [0.2, 0.25) is 0 Å². The minimum Gasteiger partial charge on any atom is -0.337 e. The highest BCUT2D eigenvalue weighted by molar-refractivity contribution is 4.74. The van der Waals surface area contributed by atoms with E-state index in [1.807, 2.05) is 18.7 Å². The first-order chi connectivity index (χ1) is 7.24. The first kappa shape index (κ1) is 12.2. The van der Waals surface area contributed by atoms with Crippen LogP contribution in [0.3, 0.4) is 0 Å². The van der Waals surface area contributed by atoms with Crippen LogP contribution >= 0.6 is 0 Å². The third-order valence-electron chi connectivity index (χ3n) is 3.12. The van der Waals surface area contributed by atoms with Crippen LogP contribution in [0.5, 0.6) is 0 Å². The van der Waals surface area contributed by atoms with E-state index in [-0.39, 0.29) is 0 Å². The third-order valence-corrected chi connectivity index (χ3v) is 3.12. The summed E-state index contributed by atoms with van der Waals surface area (Å²) in [5.74, 6) is 0.762. The molecule has 0 aromatic carbocycles. The predicted molar refractivity (Wildman–Crippen MR) is 63.8 cm³/mol. The number of aromatic nitrogens is 2. The molecule has 0 fully saturated rings. The summed E-state index contributed by atoms with van der Waals surface area (Å²) in [6.45, 7) is 8.96. The molecule has 0 aliphatic rings. The molecule has 1 heterocycles. The lowest BCUT2D eigenvalue weighted by atomic mass is 10.0. The van der Waals surface area contributed by atoms with Crippen LogP contribution in [0.15, 0.2) is 18.7 Å². The molecular formula is C12H23N3. The first-order valence-electron chi connectivity index (χ1n) is 5.93. The van der Waals surface area contributed by atoms with E-state index in [4.69, 9.17) is 0 Å². The maximum Gasteiger partial charge on any atom is 0.0945 e. The Morgan fingerprint density at radius 2 is 2.20 bits per heavy atom. The highest BCUT2D eigenvalue weighted by atomic mass is 15.0. The summed E-state index contributed by atoms with van der Waals surface area (Å²) in [7, 11) is 0. The molecule has 0 aliphatic carbocycles. The van der Waals surface area contributed by atoms with Gasteiger partial charge in [-0.1, -0.05) is 20.3 Å². The highest BCUT2D eigenvalue weighted by Gasteiger charge is 2.07. The van der Waals surface area contributed by atoms with E-state index in [1.165, 1.54) is 6.42 Å². The van der Waals surface area contributed by atoms with Crippen LogP contribution in [0.1, 0.15) is 33.6 Å². The molecule has 15 heavy (non-hydrogen) atoms. The van der Waals surface area contributed by atoms with Crippen molar-refractivity contribution in [2.45, 2.75) is 46.2 Å². The molecule has 0 saturated heterocycles. The maximum absolute atomic E-state index is 4.02. The molecule has 3 heteroatoms. The van der Waals surface area contributed by atoms with Crippen LogP contribution in [0.4, 0.5) is 0 Å². The monoisotopic (exact) mass is 209 g/mol. The number of hydrogen-bond donors (Lipinski definition) is 1. The van der Waals surface area contributed by atoms with Crippen LogP contribution < -0.4 is 5.32 Å². The lowest BCUT2D eigenvalue weighted by Crippen LogP contribution is -2.32. The topological polar surface area (TPSA) is 29.9 Å². The summed E-state index contributed by atoms with van der Waals surface area (Å²) < 4.78 is 2.12. The van der Waals surface area contributed by atoms with Gasteiger partial charge in [0.2, 0.25) is 0 Å². The Balaban J connectivity index is 2.06. The summed E-state index contributed by atoms with van der Waals surface area (Å²) in [5.41, 5.74) is 0. The van der Waals surface area contributed by atoms with Gasteiger partial charge in [-0.3, -0.25) is 0 Å². The second-order valence-corrected chi connectivity index (χ2v) is 4.28. The van der Waals surface area contributed by atoms with Crippen LogP contribution in [0, 0.1) is 5.92 Å². The van der Waals surface area contributed by atoms with E-state index in [0.29, 0.717) is 6.04 Å². The first-order valence-corrected chi connectivity index (χ1v) is 5.93. The van der Waals surface area contributed by atoms with Gasteiger partial charge in [0.15, 0.2) is 0 Å². The normalized spacial score (nSPS) is 15.1. The fraction of sp³-hybridized carbons (Fsp3) is 0.750. The number of aryl methyl sites for hydroxylation is 1. The highest BCUT2D eigenvalue weighted by Crippen LogP contribution is 2.06. The molecule has 1 N–H and O–H groups in total. The van der Waals surface area contributed by atoms with Gasteiger partial charge in [-0.2, -0.15) is 0 Å². The van der Waals surface area contributed by atoms with Gasteiger partial charge in [-0.15, -0.1) is 0 Å². The Kier molecular flexibility index (Phi) is 5.40. The molecule has 3 nitrogen and oxygen atoms in total. The molecular weight excluding hydrogens is 186 g/mol. The second kappa shape index (κ2) is 6.62. The molecule has 0 radical (unpaired) electrons. The number of rotatable bonds is 7. The van der Waals surface area contributed by atoms with Crippen molar-refractivity contribution in [2.75, 3.05) is 6.54 Å². The summed E-state index contributed by atoms with van der Waals surface area (Å²) in [6.07, 6.45) is 8.12. The van der Waals surface area contributed by atoms with Crippen molar-refractivity contribution < 1.29 is 0 Å². The van der Waals surface area contributed by atoms with Crippen molar-refractivity contribution in [3.8, 4) is 0 Å². The van der Waals surface area contributed by atoms with Gasteiger partial charge in [0.25, 0.3) is 0 Å². The van der Waals surface area contributed by atoms with E-state index in [9.17, 15) is 0 Å². The minimum atomic E-state index is 0.623. The van der Waals surface area contributed by atoms with Gasteiger partial charge >= 0.3 is 0 Å². The van der Waals surface area contributed by atoms with Crippen molar-refractivity contribution in [3.63, 3.8) is 0 Å². The van der Waals surface area contributed by atoms with E-state index in [1.54, 1.807) is 0 Å². The standard InChI is InChI=1S/C12H23N3/c1-4-11(2)12(3)14-6-5-8-15-9-7-13-10-15/h7,9-12,14H,4-6,8H2,1-3H3/t11-,12-/m1/s1. The average molecular weight is 209 g/mol. The molecule has 1 rings (SSSR count). The zero-order chi connectivity index (χ0) is 11.1. The summed E-state index contributed by atoms with van der Waals surface area (Å²) >= 11 is 0. The Bertz CT molecular complexity index is 243. The summed E-state index contributed by atoms with van der Waals surface area (Å²) in [6, 6.07) is 0.623. The van der Waals surface area contributed by atoms with Crippen molar-refractivity contribution in [1.82, 2.24) is 14.9 Å². The van der Waals surface area contributed by atoms with Gasteiger partial charge < -0.3 is 9.88 Å². The lowest BCUT2D eigenvalue weighted by molar-refractivity contribution is 0.384. The van der Waals surface area contributed by atoms with E-state index in [0.717, 1.165) is 25.4 Å². The SMILES string of the molecule is CC[C@@H](C)[C@@H](C)NCCCn1ccnc1. The smallest absolute Gasteiger partial charge is 0.0945 e. The molecule has 0 bridgehead atoms. The number of nitrogens with zero attached hydrogens (tertiary/aromatic N) is 2. The number of imidazole rings is 1. The van der Waals surface area contributed by atoms with Crippen LogP contribution in [-0.4, -0.2) is 22.1 Å². The van der Waals surface area contributed by atoms with E-state index >= 15 is 0 Å². The Labute approximate surface area is 92.9 Å². The Hall–Kier alpha value is -0.830. The fourth-order valence-electron chi connectivity index (χ4n) is 1.57. The van der Waals surface area contributed by atoms with Gasteiger partial charge in [-0.05, 0) is 25.8 Å². The maximum atomic E-state index is 4.02. The average Bonchev–Trinajstić information content (AvgIpc) is 2.75. The quantitative estimate of drug-likeness (QED) is 0.698. The molecule has 86 valence electrons. The molecule has 0 unspecified atom stereocenters. The second-order valence-electron chi connectivity index (χ2n) is 4.28. The Morgan fingerprint density at radius 3 is 2.80 bits per heavy atom. The van der Waals surface area contributed by atoms with Gasteiger partial charge in [-0.25, -0.2) is 4.98 Å². The van der Waals surface area contributed by atoms with Gasteiger partial charge in [0, 0.05) is 25.0 Å². The van der Waals surface area contributed by atoms with Crippen molar-refractivity contribution in [1.29, 1.82) is 0 Å². The van der Waals surface area contributed by atoms with Crippen molar-refractivity contribution >= 4 is 0 Å². The molecule has 1 aromatic heterocycles. The predicted octanol–water partition coefficient (Wildman–Crippen LogP) is 2.30. The molecule has 1 aromatic rings. The molecule has 2 atom stereocenters. The van der Waals surface area contributed by atoms with E-state index < -0.39 is 0 Å². The van der Waals surface area contributed by atoms with E-state index in [2.05, 4.69) is 35.6 Å². The van der Waals surface area contributed by atoms with Gasteiger partial charge in [0.05, 0.1) is 6.33 Å².